The van der Waals surface area contributed by atoms with E-state index in [0.717, 1.165) is 49.4 Å². The lowest BCUT2D eigenvalue weighted by Gasteiger charge is -2.29. The average molecular weight is 486 g/mol. The van der Waals surface area contributed by atoms with Gasteiger partial charge in [-0.1, -0.05) is 54.6 Å². The highest BCUT2D eigenvalue weighted by molar-refractivity contribution is 5.82. The molecule has 0 saturated carbocycles. The van der Waals surface area contributed by atoms with Crippen molar-refractivity contribution in [1.29, 1.82) is 0 Å². The second kappa shape index (κ2) is 11.7. The zero-order chi connectivity index (χ0) is 24.7. The summed E-state index contributed by atoms with van der Waals surface area (Å²) in [5, 5.41) is 6.79. The van der Waals surface area contributed by atoms with E-state index >= 15 is 0 Å². The first-order valence-corrected chi connectivity index (χ1v) is 12.8. The summed E-state index contributed by atoms with van der Waals surface area (Å²) in [7, 11) is 1.66. The lowest BCUT2D eigenvalue weighted by atomic mass is 10.1. The lowest BCUT2D eigenvalue weighted by molar-refractivity contribution is -0.126. The second-order valence-corrected chi connectivity index (χ2v) is 9.70. The SMILES string of the molecule is COCCNC(=O)[C@@H]1C[C@@H](NCc2cccc(Oc3ccccc3)c2)CN1C1Cc2ccccc2C1. The molecule has 0 unspecified atom stereocenters. The Morgan fingerprint density at radius 2 is 1.67 bits per heavy atom. The Hall–Kier alpha value is -3.19. The topological polar surface area (TPSA) is 62.8 Å². The maximum absolute atomic E-state index is 13.1. The summed E-state index contributed by atoms with van der Waals surface area (Å²) >= 11 is 0. The molecule has 3 aromatic carbocycles. The summed E-state index contributed by atoms with van der Waals surface area (Å²) in [5.74, 6) is 1.76. The van der Waals surface area contributed by atoms with Crippen LogP contribution >= 0.6 is 0 Å². The number of carbonyl (C=O) groups is 1. The molecule has 36 heavy (non-hydrogen) atoms. The number of para-hydroxylation sites is 1. The van der Waals surface area contributed by atoms with Crippen LogP contribution in [0.3, 0.4) is 0 Å². The van der Waals surface area contributed by atoms with Crippen LogP contribution in [0, 0.1) is 0 Å². The van der Waals surface area contributed by atoms with Gasteiger partial charge in [0, 0.05) is 38.8 Å². The minimum atomic E-state index is -0.133. The number of rotatable bonds is 10. The van der Waals surface area contributed by atoms with Crippen molar-refractivity contribution in [3.63, 3.8) is 0 Å². The number of benzene rings is 3. The van der Waals surface area contributed by atoms with Gasteiger partial charge in [0.15, 0.2) is 0 Å². The molecule has 6 nitrogen and oxygen atoms in total. The number of methoxy groups -OCH3 is 1. The van der Waals surface area contributed by atoms with Gasteiger partial charge in [0.2, 0.25) is 5.91 Å². The van der Waals surface area contributed by atoms with Gasteiger partial charge in [0.25, 0.3) is 0 Å². The number of amides is 1. The molecule has 1 fully saturated rings. The summed E-state index contributed by atoms with van der Waals surface area (Å²) in [6.07, 6.45) is 2.80. The van der Waals surface area contributed by atoms with Crippen molar-refractivity contribution in [3.05, 3.63) is 95.6 Å². The Bertz CT molecular complexity index is 1130. The maximum atomic E-state index is 13.1. The number of hydrogen-bond acceptors (Lipinski definition) is 5. The molecule has 188 valence electrons. The molecule has 0 spiro atoms. The van der Waals surface area contributed by atoms with Crippen molar-refractivity contribution in [1.82, 2.24) is 15.5 Å². The zero-order valence-electron chi connectivity index (χ0n) is 20.9. The minimum absolute atomic E-state index is 0.102. The van der Waals surface area contributed by atoms with Crippen molar-refractivity contribution in [2.24, 2.45) is 0 Å². The fraction of sp³-hybridized carbons (Fsp3) is 0.367. The second-order valence-electron chi connectivity index (χ2n) is 9.70. The third kappa shape index (κ3) is 5.95. The molecule has 3 aromatic rings. The molecule has 0 radical (unpaired) electrons. The Balaban J connectivity index is 1.23. The standard InChI is InChI=1S/C30H35N3O3/c1-35-15-14-31-30(34)29-19-25(21-33(29)26-17-23-9-5-6-10-24(23)18-26)32-20-22-8-7-13-28(16-22)36-27-11-3-2-4-12-27/h2-13,16,25-26,29,32H,14-15,17-21H2,1H3,(H,31,34)/t25-,29+/m1/s1. The maximum Gasteiger partial charge on any atom is 0.237 e. The van der Waals surface area contributed by atoms with E-state index in [9.17, 15) is 4.79 Å². The van der Waals surface area contributed by atoms with Crippen molar-refractivity contribution in [3.8, 4) is 11.5 Å². The smallest absolute Gasteiger partial charge is 0.237 e. The zero-order valence-corrected chi connectivity index (χ0v) is 20.9. The van der Waals surface area contributed by atoms with Crippen LogP contribution in [0.25, 0.3) is 0 Å². The Morgan fingerprint density at radius 3 is 2.42 bits per heavy atom. The lowest BCUT2D eigenvalue weighted by Crippen LogP contribution is -2.48. The molecule has 2 atom stereocenters. The van der Waals surface area contributed by atoms with Gasteiger partial charge < -0.3 is 20.1 Å². The molecule has 1 saturated heterocycles. The van der Waals surface area contributed by atoms with E-state index in [1.165, 1.54) is 11.1 Å². The van der Waals surface area contributed by atoms with Gasteiger partial charge >= 0.3 is 0 Å². The van der Waals surface area contributed by atoms with Crippen molar-refractivity contribution < 1.29 is 14.3 Å². The van der Waals surface area contributed by atoms with E-state index in [0.29, 0.717) is 19.2 Å². The first kappa shape index (κ1) is 24.5. The van der Waals surface area contributed by atoms with E-state index in [1.54, 1.807) is 7.11 Å². The minimum Gasteiger partial charge on any atom is -0.457 e. The fourth-order valence-corrected chi connectivity index (χ4v) is 5.44. The molecule has 1 amide bonds. The number of fused-ring (bicyclic) bond motifs is 1. The predicted octanol–water partition coefficient (Wildman–Crippen LogP) is 3.94. The van der Waals surface area contributed by atoms with Crippen molar-refractivity contribution in [2.75, 3.05) is 26.8 Å². The summed E-state index contributed by atoms with van der Waals surface area (Å²) in [6.45, 7) is 2.65. The van der Waals surface area contributed by atoms with Crippen LogP contribution in [-0.2, 0) is 28.9 Å². The van der Waals surface area contributed by atoms with Crippen LogP contribution in [0.1, 0.15) is 23.1 Å². The van der Waals surface area contributed by atoms with E-state index in [-0.39, 0.29) is 18.0 Å². The summed E-state index contributed by atoms with van der Waals surface area (Å²) in [6, 6.07) is 27.2. The van der Waals surface area contributed by atoms with Gasteiger partial charge in [-0.05, 0) is 60.2 Å². The van der Waals surface area contributed by atoms with E-state index in [1.807, 2.05) is 42.5 Å². The molecule has 2 aliphatic rings. The van der Waals surface area contributed by atoms with Gasteiger partial charge in [0.1, 0.15) is 11.5 Å². The quantitative estimate of drug-likeness (QED) is 0.426. The van der Waals surface area contributed by atoms with Gasteiger partial charge in [0.05, 0.1) is 12.6 Å². The molecule has 2 N–H and O–H groups in total. The highest BCUT2D eigenvalue weighted by Gasteiger charge is 2.41. The van der Waals surface area contributed by atoms with E-state index in [2.05, 4.69) is 51.9 Å². The van der Waals surface area contributed by atoms with Crippen LogP contribution in [0.2, 0.25) is 0 Å². The Labute approximate surface area is 213 Å². The highest BCUT2D eigenvalue weighted by Crippen LogP contribution is 2.31. The average Bonchev–Trinajstić information content (AvgIpc) is 3.53. The first-order valence-electron chi connectivity index (χ1n) is 12.8. The molecular weight excluding hydrogens is 450 g/mol. The van der Waals surface area contributed by atoms with Crippen molar-refractivity contribution in [2.45, 2.75) is 43.9 Å². The van der Waals surface area contributed by atoms with Gasteiger partial charge in [-0.3, -0.25) is 9.69 Å². The molecule has 0 bridgehead atoms. The fourth-order valence-electron chi connectivity index (χ4n) is 5.44. The van der Waals surface area contributed by atoms with Crippen LogP contribution < -0.4 is 15.4 Å². The predicted molar refractivity (Wildman–Crippen MR) is 141 cm³/mol. The van der Waals surface area contributed by atoms with E-state index in [4.69, 9.17) is 9.47 Å². The molecule has 1 aliphatic heterocycles. The molecular formula is C30H35N3O3. The third-order valence-corrected chi connectivity index (χ3v) is 7.22. The Morgan fingerprint density at radius 1 is 0.944 bits per heavy atom. The van der Waals surface area contributed by atoms with Gasteiger partial charge in [-0.15, -0.1) is 0 Å². The van der Waals surface area contributed by atoms with Crippen LogP contribution in [0.5, 0.6) is 11.5 Å². The molecule has 1 aliphatic carbocycles. The summed E-state index contributed by atoms with van der Waals surface area (Å²) in [4.78, 5) is 15.6. The van der Waals surface area contributed by atoms with E-state index < -0.39 is 0 Å². The molecule has 5 rings (SSSR count). The first-order chi connectivity index (χ1) is 17.7. The van der Waals surface area contributed by atoms with Gasteiger partial charge in [-0.2, -0.15) is 0 Å². The number of hydrogen-bond donors (Lipinski definition) is 2. The number of nitrogens with one attached hydrogen (secondary N) is 2. The number of ether oxygens (including phenoxy) is 2. The van der Waals surface area contributed by atoms with Gasteiger partial charge in [-0.25, -0.2) is 0 Å². The normalized spacial score (nSPS) is 19.8. The highest BCUT2D eigenvalue weighted by atomic mass is 16.5. The summed E-state index contributed by atoms with van der Waals surface area (Å²) in [5.41, 5.74) is 3.98. The molecule has 1 heterocycles. The monoisotopic (exact) mass is 485 g/mol. The molecule has 0 aromatic heterocycles. The number of nitrogens with zero attached hydrogens (tertiary/aromatic N) is 1. The number of carbonyl (C=O) groups excluding carboxylic acids is 1. The number of likely N-dealkylation sites (tertiary alicyclic amines) is 1. The Kier molecular flexibility index (Phi) is 7.96. The van der Waals surface area contributed by atoms with Crippen molar-refractivity contribution >= 4 is 5.91 Å². The largest absolute Gasteiger partial charge is 0.457 e. The van der Waals surface area contributed by atoms with Crippen LogP contribution in [0.15, 0.2) is 78.9 Å². The van der Waals surface area contributed by atoms with Crippen LogP contribution in [-0.4, -0.2) is 55.7 Å². The summed E-state index contributed by atoms with van der Waals surface area (Å²) < 4.78 is 11.1. The third-order valence-electron chi connectivity index (χ3n) is 7.22. The van der Waals surface area contributed by atoms with Crippen LogP contribution in [0.4, 0.5) is 0 Å². The molecule has 6 heteroatoms.